The first-order chi connectivity index (χ1) is 10.7. The fraction of sp³-hybridized carbons (Fsp3) is 0.500. The van der Waals surface area contributed by atoms with Gasteiger partial charge in [-0.1, -0.05) is 36.4 Å². The van der Waals surface area contributed by atoms with Gasteiger partial charge in [-0.05, 0) is 25.8 Å². The van der Waals surface area contributed by atoms with Gasteiger partial charge in [-0.15, -0.1) is 6.58 Å². The van der Waals surface area contributed by atoms with Crippen molar-refractivity contribution in [3.63, 3.8) is 0 Å². The largest absolute Gasteiger partial charge is 0.357 e. The van der Waals surface area contributed by atoms with Crippen molar-refractivity contribution in [1.82, 2.24) is 15.5 Å². The molecular formula is C18H28N4. The second-order valence-electron chi connectivity index (χ2n) is 5.85. The molecule has 0 spiro atoms. The van der Waals surface area contributed by atoms with Gasteiger partial charge in [-0.3, -0.25) is 4.90 Å². The van der Waals surface area contributed by atoms with Crippen molar-refractivity contribution in [2.75, 3.05) is 19.6 Å². The Morgan fingerprint density at radius 2 is 2.18 bits per heavy atom. The number of guanidine groups is 1. The van der Waals surface area contributed by atoms with Crippen LogP contribution in [0.5, 0.6) is 0 Å². The van der Waals surface area contributed by atoms with Gasteiger partial charge >= 0.3 is 0 Å². The number of hydrogen-bond donors (Lipinski definition) is 2. The lowest BCUT2D eigenvalue weighted by molar-refractivity contribution is 0.258. The van der Waals surface area contributed by atoms with Crippen molar-refractivity contribution in [2.45, 2.75) is 38.9 Å². The molecule has 1 aromatic rings. The molecule has 1 fully saturated rings. The minimum Gasteiger partial charge on any atom is -0.357 e. The molecular weight excluding hydrogens is 272 g/mol. The van der Waals surface area contributed by atoms with Gasteiger partial charge in [0, 0.05) is 31.7 Å². The van der Waals surface area contributed by atoms with E-state index >= 15 is 0 Å². The second kappa shape index (κ2) is 8.59. The topological polar surface area (TPSA) is 39.7 Å². The standard InChI is InChI=1S/C18H28N4/c1-4-11-20-18(19-5-2)21-17-12-15(3)22(14-17)13-16-9-7-6-8-10-16/h4,6-10,15,17H,1,5,11-14H2,2-3H3,(H2,19,20,21). The van der Waals surface area contributed by atoms with Crippen LogP contribution in [0.3, 0.4) is 0 Å². The van der Waals surface area contributed by atoms with E-state index in [1.165, 1.54) is 5.56 Å². The highest BCUT2D eigenvalue weighted by Crippen LogP contribution is 2.20. The summed E-state index contributed by atoms with van der Waals surface area (Å²) in [6, 6.07) is 11.7. The predicted molar refractivity (Wildman–Crippen MR) is 94.0 cm³/mol. The molecule has 1 heterocycles. The lowest BCUT2D eigenvalue weighted by atomic mass is 10.2. The Labute approximate surface area is 134 Å². The molecule has 4 heteroatoms. The molecule has 0 saturated carbocycles. The number of nitrogens with one attached hydrogen (secondary N) is 2. The Morgan fingerprint density at radius 1 is 1.41 bits per heavy atom. The molecule has 1 aromatic carbocycles. The Hall–Kier alpha value is -1.81. The average molecular weight is 300 g/mol. The highest BCUT2D eigenvalue weighted by molar-refractivity contribution is 5.80. The van der Waals surface area contributed by atoms with Gasteiger partial charge in [0.1, 0.15) is 0 Å². The third-order valence-corrected chi connectivity index (χ3v) is 4.00. The van der Waals surface area contributed by atoms with Crippen molar-refractivity contribution in [3.8, 4) is 0 Å². The van der Waals surface area contributed by atoms with Crippen LogP contribution in [0.4, 0.5) is 0 Å². The number of hydrogen-bond acceptors (Lipinski definition) is 2. The highest BCUT2D eigenvalue weighted by atomic mass is 15.3. The first-order valence-corrected chi connectivity index (χ1v) is 8.16. The van der Waals surface area contributed by atoms with Gasteiger partial charge in [0.25, 0.3) is 0 Å². The highest BCUT2D eigenvalue weighted by Gasteiger charge is 2.29. The lowest BCUT2D eigenvalue weighted by Crippen LogP contribution is -2.44. The van der Waals surface area contributed by atoms with Gasteiger partial charge in [-0.2, -0.15) is 0 Å². The van der Waals surface area contributed by atoms with E-state index in [-0.39, 0.29) is 0 Å². The van der Waals surface area contributed by atoms with Crippen molar-refractivity contribution >= 4 is 5.96 Å². The van der Waals surface area contributed by atoms with E-state index in [1.54, 1.807) is 0 Å². The van der Waals surface area contributed by atoms with Crippen LogP contribution in [0, 0.1) is 0 Å². The van der Waals surface area contributed by atoms with Crippen LogP contribution in [0.1, 0.15) is 25.8 Å². The molecule has 0 aliphatic carbocycles. The zero-order valence-electron chi connectivity index (χ0n) is 13.8. The molecule has 22 heavy (non-hydrogen) atoms. The summed E-state index contributed by atoms with van der Waals surface area (Å²) in [5.41, 5.74) is 1.38. The molecule has 4 nitrogen and oxygen atoms in total. The molecule has 0 bridgehead atoms. The van der Waals surface area contributed by atoms with Crippen LogP contribution in [-0.4, -0.2) is 42.6 Å². The molecule has 2 unspecified atom stereocenters. The monoisotopic (exact) mass is 300 g/mol. The van der Waals surface area contributed by atoms with E-state index in [0.717, 1.165) is 32.0 Å². The fourth-order valence-electron chi connectivity index (χ4n) is 2.91. The minimum absolute atomic E-state index is 0.446. The molecule has 1 aliphatic rings. The van der Waals surface area contributed by atoms with Crippen LogP contribution in [0.2, 0.25) is 0 Å². The summed E-state index contributed by atoms with van der Waals surface area (Å²) < 4.78 is 0. The van der Waals surface area contributed by atoms with Crippen molar-refractivity contribution < 1.29 is 0 Å². The summed E-state index contributed by atoms with van der Waals surface area (Å²) in [6.45, 7) is 11.7. The number of rotatable bonds is 6. The van der Waals surface area contributed by atoms with E-state index in [9.17, 15) is 0 Å². The molecule has 2 rings (SSSR count). The summed E-state index contributed by atoms with van der Waals surface area (Å²) in [4.78, 5) is 7.02. The lowest BCUT2D eigenvalue weighted by Gasteiger charge is -2.21. The molecule has 0 aromatic heterocycles. The van der Waals surface area contributed by atoms with E-state index in [4.69, 9.17) is 0 Å². The van der Waals surface area contributed by atoms with E-state index in [0.29, 0.717) is 18.6 Å². The second-order valence-corrected chi connectivity index (χ2v) is 5.85. The van der Waals surface area contributed by atoms with Crippen LogP contribution in [-0.2, 0) is 6.54 Å². The normalized spacial score (nSPS) is 22.5. The molecule has 1 saturated heterocycles. The first-order valence-electron chi connectivity index (χ1n) is 8.16. The molecule has 120 valence electrons. The Kier molecular flexibility index (Phi) is 6.46. The van der Waals surface area contributed by atoms with E-state index < -0.39 is 0 Å². The van der Waals surface area contributed by atoms with E-state index in [2.05, 4.69) is 71.3 Å². The predicted octanol–water partition coefficient (Wildman–Crippen LogP) is 2.39. The zero-order chi connectivity index (χ0) is 15.8. The third kappa shape index (κ3) is 4.88. The van der Waals surface area contributed by atoms with Gasteiger partial charge in [0.05, 0.1) is 6.54 Å². The molecule has 2 atom stereocenters. The Balaban J connectivity index is 1.90. The molecule has 0 radical (unpaired) electrons. The summed E-state index contributed by atoms with van der Waals surface area (Å²) in [5, 5.41) is 6.84. The van der Waals surface area contributed by atoms with Gasteiger partial charge < -0.3 is 10.6 Å². The quantitative estimate of drug-likeness (QED) is 0.481. The number of likely N-dealkylation sites (tertiary alicyclic amines) is 1. The molecule has 0 amide bonds. The van der Waals surface area contributed by atoms with Crippen molar-refractivity contribution in [3.05, 3.63) is 48.6 Å². The van der Waals surface area contributed by atoms with Crippen molar-refractivity contribution in [1.29, 1.82) is 0 Å². The summed E-state index contributed by atoms with van der Waals surface area (Å²) in [6.07, 6.45) is 2.96. The number of nitrogens with zero attached hydrogens (tertiary/aromatic N) is 2. The summed E-state index contributed by atoms with van der Waals surface area (Å²) in [5.74, 6) is 0.890. The molecule has 1 aliphatic heterocycles. The Bertz CT molecular complexity index is 483. The number of aliphatic imine (C=N–C) groups is 1. The number of benzene rings is 1. The van der Waals surface area contributed by atoms with Gasteiger partial charge in [0.2, 0.25) is 0 Å². The maximum absolute atomic E-state index is 4.49. The van der Waals surface area contributed by atoms with Crippen LogP contribution in [0.25, 0.3) is 0 Å². The summed E-state index contributed by atoms with van der Waals surface area (Å²) >= 11 is 0. The van der Waals surface area contributed by atoms with Crippen LogP contribution < -0.4 is 10.6 Å². The maximum Gasteiger partial charge on any atom is 0.191 e. The SMILES string of the molecule is C=CCN=C(NCC)NC1CC(C)N(Cc2ccccc2)C1. The maximum atomic E-state index is 4.49. The third-order valence-electron chi connectivity index (χ3n) is 4.00. The molecule has 2 N–H and O–H groups in total. The Morgan fingerprint density at radius 3 is 2.86 bits per heavy atom. The van der Waals surface area contributed by atoms with Gasteiger partial charge in [0.15, 0.2) is 5.96 Å². The first kappa shape index (κ1) is 16.6. The van der Waals surface area contributed by atoms with Gasteiger partial charge in [-0.25, -0.2) is 4.99 Å². The zero-order valence-corrected chi connectivity index (χ0v) is 13.8. The van der Waals surface area contributed by atoms with Crippen molar-refractivity contribution in [2.24, 2.45) is 4.99 Å². The smallest absolute Gasteiger partial charge is 0.191 e. The average Bonchev–Trinajstić information content (AvgIpc) is 2.86. The fourth-order valence-corrected chi connectivity index (χ4v) is 2.91. The van der Waals surface area contributed by atoms with Crippen LogP contribution in [0.15, 0.2) is 48.0 Å². The minimum atomic E-state index is 0.446. The van der Waals surface area contributed by atoms with Crippen LogP contribution >= 0.6 is 0 Å². The summed E-state index contributed by atoms with van der Waals surface area (Å²) in [7, 11) is 0. The van der Waals surface area contributed by atoms with E-state index in [1.807, 2.05) is 6.08 Å².